The number of para-hydroxylation sites is 2. The molecule has 1 aromatic carbocycles. The normalized spacial score (nSPS) is 18.8. The number of nitrogens with zero attached hydrogens (tertiary/aromatic N) is 1. The minimum Gasteiger partial charge on any atom is -0.485 e. The van der Waals surface area contributed by atoms with Gasteiger partial charge < -0.3 is 28.5 Å². The van der Waals surface area contributed by atoms with Gasteiger partial charge in [-0.3, -0.25) is 9.59 Å². The van der Waals surface area contributed by atoms with Gasteiger partial charge in [0.15, 0.2) is 17.5 Å². The molecule has 0 bridgehead atoms. The van der Waals surface area contributed by atoms with Gasteiger partial charge in [0.2, 0.25) is 6.10 Å². The molecule has 1 saturated carbocycles. The second-order valence-electron chi connectivity index (χ2n) is 8.67. The minimum absolute atomic E-state index is 0.0413. The zero-order valence-electron chi connectivity index (χ0n) is 18.9. The second-order valence-corrected chi connectivity index (χ2v) is 8.67. The van der Waals surface area contributed by atoms with E-state index in [1.54, 1.807) is 42.7 Å². The molecule has 0 saturated heterocycles. The van der Waals surface area contributed by atoms with Gasteiger partial charge in [0.05, 0.1) is 19.1 Å². The number of hydrogen-bond acceptors (Lipinski definition) is 6. The van der Waals surface area contributed by atoms with Gasteiger partial charge in [0.1, 0.15) is 18.1 Å². The molecule has 2 aliphatic rings. The largest absolute Gasteiger partial charge is 0.485 e. The van der Waals surface area contributed by atoms with E-state index in [4.69, 9.17) is 18.3 Å². The summed E-state index contributed by atoms with van der Waals surface area (Å²) in [5.41, 5.74) is 0. The van der Waals surface area contributed by atoms with Crippen LogP contribution < -0.4 is 14.8 Å². The van der Waals surface area contributed by atoms with Crippen LogP contribution in [0.1, 0.15) is 49.7 Å². The first-order chi connectivity index (χ1) is 16.7. The Kier molecular flexibility index (Phi) is 6.56. The number of ether oxygens (including phenoxy) is 2. The van der Waals surface area contributed by atoms with Crippen molar-refractivity contribution in [1.82, 2.24) is 10.2 Å². The van der Waals surface area contributed by atoms with E-state index < -0.39 is 12.1 Å². The van der Waals surface area contributed by atoms with Crippen molar-refractivity contribution in [3.05, 3.63) is 72.6 Å². The van der Waals surface area contributed by atoms with Gasteiger partial charge in [-0.05, 0) is 49.2 Å². The summed E-state index contributed by atoms with van der Waals surface area (Å²) in [6, 6.07) is 13.3. The Morgan fingerprint density at radius 3 is 2.44 bits per heavy atom. The average molecular weight is 465 g/mol. The number of fused-ring (bicyclic) bond motifs is 1. The number of nitrogens with one attached hydrogen (secondary N) is 1. The molecule has 34 heavy (non-hydrogen) atoms. The third kappa shape index (κ3) is 4.81. The number of benzene rings is 1. The fourth-order valence-electron chi connectivity index (χ4n) is 4.59. The van der Waals surface area contributed by atoms with E-state index in [-0.39, 0.29) is 31.0 Å². The maximum absolute atomic E-state index is 13.8. The first kappa shape index (κ1) is 22.1. The van der Waals surface area contributed by atoms with Crippen LogP contribution in [0.4, 0.5) is 0 Å². The number of carbonyl (C=O) groups excluding carboxylic acids is 2. The Balaban J connectivity index is 1.44. The Bertz CT molecular complexity index is 1090. The molecule has 8 heteroatoms. The number of hydrogen-bond donors (Lipinski definition) is 1. The molecule has 0 spiro atoms. The molecule has 1 N–H and O–H groups in total. The summed E-state index contributed by atoms with van der Waals surface area (Å²) in [7, 11) is 0. The Labute approximate surface area is 197 Å². The molecule has 1 aliphatic heterocycles. The van der Waals surface area contributed by atoms with Gasteiger partial charge in [-0.25, -0.2) is 0 Å². The van der Waals surface area contributed by atoms with Crippen LogP contribution in [0.15, 0.2) is 69.9 Å². The maximum atomic E-state index is 13.8. The van der Waals surface area contributed by atoms with E-state index >= 15 is 0 Å². The highest BCUT2D eigenvalue weighted by Gasteiger charge is 2.40. The monoisotopic (exact) mass is 464 g/mol. The molecule has 2 amide bonds. The lowest BCUT2D eigenvalue weighted by molar-refractivity contribution is -0.150. The third-order valence-corrected chi connectivity index (χ3v) is 6.30. The van der Waals surface area contributed by atoms with Crippen molar-refractivity contribution in [2.24, 2.45) is 0 Å². The molecular weight excluding hydrogens is 436 g/mol. The lowest BCUT2D eigenvalue weighted by Gasteiger charge is -2.34. The van der Waals surface area contributed by atoms with Gasteiger partial charge in [0.25, 0.3) is 11.8 Å². The maximum Gasteiger partial charge on any atom is 0.268 e. The number of rotatable bonds is 7. The molecule has 0 radical (unpaired) electrons. The molecule has 3 heterocycles. The van der Waals surface area contributed by atoms with Gasteiger partial charge in [-0.2, -0.15) is 0 Å². The molecule has 1 fully saturated rings. The smallest absolute Gasteiger partial charge is 0.268 e. The Morgan fingerprint density at radius 1 is 0.941 bits per heavy atom. The first-order valence-corrected chi connectivity index (χ1v) is 11.7. The van der Waals surface area contributed by atoms with Crippen LogP contribution in [0.5, 0.6) is 11.5 Å². The summed E-state index contributed by atoms with van der Waals surface area (Å²) in [4.78, 5) is 28.9. The summed E-state index contributed by atoms with van der Waals surface area (Å²) >= 11 is 0. The minimum atomic E-state index is -0.977. The highest BCUT2D eigenvalue weighted by Crippen LogP contribution is 2.33. The molecule has 0 unspecified atom stereocenters. The predicted molar refractivity (Wildman–Crippen MR) is 122 cm³/mol. The van der Waals surface area contributed by atoms with Crippen LogP contribution in [0.2, 0.25) is 0 Å². The molecule has 1 aliphatic carbocycles. The predicted octanol–water partition coefficient (Wildman–Crippen LogP) is 4.23. The number of furan rings is 2. The van der Waals surface area contributed by atoms with Gasteiger partial charge >= 0.3 is 0 Å². The molecule has 8 nitrogen and oxygen atoms in total. The highest BCUT2D eigenvalue weighted by molar-refractivity contribution is 5.90. The summed E-state index contributed by atoms with van der Waals surface area (Å²) < 4.78 is 22.9. The van der Waals surface area contributed by atoms with Crippen molar-refractivity contribution in [3.8, 4) is 11.5 Å². The van der Waals surface area contributed by atoms with E-state index in [0.29, 0.717) is 23.0 Å². The van der Waals surface area contributed by atoms with E-state index in [1.807, 2.05) is 12.1 Å². The van der Waals surface area contributed by atoms with Crippen molar-refractivity contribution in [2.45, 2.75) is 56.8 Å². The SMILES string of the molecule is O=C(NC1CCCCC1)[C@@H](c1ccco1)N(Cc1ccco1)C(=O)[C@H]1COc2ccccc2O1. The summed E-state index contributed by atoms with van der Waals surface area (Å²) in [5, 5.41) is 3.15. The quantitative estimate of drug-likeness (QED) is 0.562. The van der Waals surface area contributed by atoms with Crippen molar-refractivity contribution < 1.29 is 27.9 Å². The van der Waals surface area contributed by atoms with Crippen molar-refractivity contribution in [2.75, 3.05) is 6.61 Å². The van der Waals surface area contributed by atoms with Crippen LogP contribution in [0, 0.1) is 0 Å². The third-order valence-electron chi connectivity index (χ3n) is 6.30. The Morgan fingerprint density at radius 2 is 1.71 bits per heavy atom. The van der Waals surface area contributed by atoms with E-state index in [1.165, 1.54) is 17.6 Å². The van der Waals surface area contributed by atoms with Crippen LogP contribution in [0.3, 0.4) is 0 Å². The summed E-state index contributed by atoms with van der Waals surface area (Å²) in [6.45, 7) is 0.121. The molecule has 3 aromatic rings. The summed E-state index contributed by atoms with van der Waals surface area (Å²) in [5.74, 6) is 1.34. The van der Waals surface area contributed by atoms with Crippen LogP contribution in [0.25, 0.3) is 0 Å². The highest BCUT2D eigenvalue weighted by atomic mass is 16.6. The van der Waals surface area contributed by atoms with E-state index in [2.05, 4.69) is 5.32 Å². The fourth-order valence-corrected chi connectivity index (χ4v) is 4.59. The van der Waals surface area contributed by atoms with Crippen molar-refractivity contribution >= 4 is 11.8 Å². The Hall–Kier alpha value is -3.68. The fraction of sp³-hybridized carbons (Fsp3) is 0.385. The van der Waals surface area contributed by atoms with Crippen LogP contribution in [-0.4, -0.2) is 35.5 Å². The molecule has 2 aromatic heterocycles. The van der Waals surface area contributed by atoms with Crippen LogP contribution in [-0.2, 0) is 16.1 Å². The van der Waals surface area contributed by atoms with Gasteiger partial charge in [-0.1, -0.05) is 31.4 Å². The van der Waals surface area contributed by atoms with E-state index in [0.717, 1.165) is 25.7 Å². The zero-order valence-corrected chi connectivity index (χ0v) is 18.9. The van der Waals surface area contributed by atoms with E-state index in [9.17, 15) is 9.59 Å². The second kappa shape index (κ2) is 10.1. The lowest BCUT2D eigenvalue weighted by Crippen LogP contribution is -2.52. The molecule has 5 rings (SSSR count). The summed E-state index contributed by atoms with van der Waals surface area (Å²) in [6.07, 6.45) is 7.33. The standard InChI is InChI=1S/C26H28N2O6/c29-25(27-18-8-2-1-3-9-18)24(22-13-7-15-32-22)28(16-19-10-6-14-31-19)26(30)23-17-33-20-11-4-5-12-21(20)34-23/h4-7,10-15,18,23-24H,1-3,8-9,16-17H2,(H,27,29)/t23-,24-/m1/s1. The van der Waals surface area contributed by atoms with Crippen LogP contribution >= 0.6 is 0 Å². The zero-order chi connectivity index (χ0) is 23.3. The topological polar surface area (TPSA) is 94.2 Å². The molecular formula is C26H28N2O6. The van der Waals surface area contributed by atoms with Gasteiger partial charge in [0, 0.05) is 6.04 Å². The van der Waals surface area contributed by atoms with Gasteiger partial charge in [-0.15, -0.1) is 0 Å². The number of carbonyl (C=O) groups is 2. The first-order valence-electron chi connectivity index (χ1n) is 11.7. The van der Waals surface area contributed by atoms with Crippen molar-refractivity contribution in [1.29, 1.82) is 0 Å². The van der Waals surface area contributed by atoms with Crippen molar-refractivity contribution in [3.63, 3.8) is 0 Å². The number of amides is 2. The molecule has 178 valence electrons. The average Bonchev–Trinajstić information content (AvgIpc) is 3.58. The molecule has 2 atom stereocenters. The lowest BCUT2D eigenvalue weighted by atomic mass is 9.95.